The molecule has 1 aliphatic rings. The average Bonchev–Trinajstić information content (AvgIpc) is 2.75. The number of thioether (sulfide) groups is 1. The van der Waals surface area contributed by atoms with Gasteiger partial charge in [-0.05, 0) is 42.5 Å². The standard InChI is InChI=1S/C14H12ClNO5S/c1-7(13(19)21-2)16-12(18)11(22-14(16)20)6-8-3-4-10(17)9(15)5-8/h3-7,17H,1-2H3/b11-6-/t7-/m1/s1. The van der Waals surface area contributed by atoms with Crippen LogP contribution in [0.5, 0.6) is 5.75 Å². The van der Waals surface area contributed by atoms with E-state index in [1.54, 1.807) is 6.07 Å². The molecule has 2 amide bonds. The minimum Gasteiger partial charge on any atom is -0.506 e. The van der Waals surface area contributed by atoms with Crippen LogP contribution < -0.4 is 0 Å². The molecule has 0 aromatic heterocycles. The first-order chi connectivity index (χ1) is 10.3. The SMILES string of the molecule is COC(=O)[C@@H](C)N1C(=O)S/C(=C\c2ccc(O)c(Cl)c2)C1=O. The summed E-state index contributed by atoms with van der Waals surface area (Å²) in [5.74, 6) is -1.32. The second-order valence-electron chi connectivity index (χ2n) is 4.46. The van der Waals surface area contributed by atoms with Gasteiger partial charge < -0.3 is 9.84 Å². The summed E-state index contributed by atoms with van der Waals surface area (Å²) in [6.07, 6.45) is 1.47. The summed E-state index contributed by atoms with van der Waals surface area (Å²) in [5, 5.41) is 8.96. The molecule has 1 fully saturated rings. The van der Waals surface area contributed by atoms with E-state index in [0.717, 1.165) is 16.7 Å². The third kappa shape index (κ3) is 3.10. The zero-order valence-electron chi connectivity index (χ0n) is 11.7. The molecule has 116 valence electrons. The number of carbonyl (C=O) groups is 3. The minimum atomic E-state index is -0.994. The van der Waals surface area contributed by atoms with Crippen LogP contribution in [0, 0.1) is 0 Å². The highest BCUT2D eigenvalue weighted by Gasteiger charge is 2.41. The number of ether oxygens (including phenoxy) is 1. The molecule has 6 nitrogen and oxygen atoms in total. The van der Waals surface area contributed by atoms with Gasteiger partial charge in [-0.3, -0.25) is 14.5 Å². The monoisotopic (exact) mass is 341 g/mol. The van der Waals surface area contributed by atoms with Crippen molar-refractivity contribution in [1.29, 1.82) is 0 Å². The van der Waals surface area contributed by atoms with E-state index in [1.807, 2.05) is 0 Å². The third-order valence-corrected chi connectivity index (χ3v) is 4.21. The Labute approximate surface area is 135 Å². The van der Waals surface area contributed by atoms with Crippen LogP contribution in [-0.4, -0.2) is 40.3 Å². The number of esters is 1. The maximum Gasteiger partial charge on any atom is 0.328 e. The molecule has 0 spiro atoms. The number of aromatic hydroxyl groups is 1. The van der Waals surface area contributed by atoms with Gasteiger partial charge in [0.05, 0.1) is 17.0 Å². The van der Waals surface area contributed by atoms with Crippen LogP contribution in [0.25, 0.3) is 6.08 Å². The van der Waals surface area contributed by atoms with Gasteiger partial charge in [0.15, 0.2) is 0 Å². The van der Waals surface area contributed by atoms with E-state index in [4.69, 9.17) is 11.6 Å². The molecule has 22 heavy (non-hydrogen) atoms. The Balaban J connectivity index is 2.29. The molecule has 8 heteroatoms. The lowest BCUT2D eigenvalue weighted by Crippen LogP contribution is -2.42. The summed E-state index contributed by atoms with van der Waals surface area (Å²) in [6.45, 7) is 1.42. The van der Waals surface area contributed by atoms with Gasteiger partial charge >= 0.3 is 5.97 Å². The van der Waals surface area contributed by atoms with E-state index >= 15 is 0 Å². The van der Waals surface area contributed by atoms with E-state index in [9.17, 15) is 19.5 Å². The number of rotatable bonds is 3. The van der Waals surface area contributed by atoms with E-state index in [0.29, 0.717) is 5.56 Å². The number of methoxy groups -OCH3 is 1. The van der Waals surface area contributed by atoms with Gasteiger partial charge in [-0.2, -0.15) is 0 Å². The van der Waals surface area contributed by atoms with Crippen molar-refractivity contribution in [3.63, 3.8) is 0 Å². The lowest BCUT2D eigenvalue weighted by molar-refractivity contribution is -0.148. The molecule has 1 aromatic rings. The number of phenolic OH excluding ortho intramolecular Hbond substituents is 1. The second kappa shape index (κ2) is 6.41. The number of hydrogen-bond donors (Lipinski definition) is 1. The smallest absolute Gasteiger partial charge is 0.328 e. The number of hydrogen-bond acceptors (Lipinski definition) is 6. The van der Waals surface area contributed by atoms with Crippen LogP contribution >= 0.6 is 23.4 Å². The van der Waals surface area contributed by atoms with Crippen molar-refractivity contribution in [3.05, 3.63) is 33.7 Å². The summed E-state index contributed by atoms with van der Waals surface area (Å²) in [5.41, 5.74) is 0.555. The zero-order chi connectivity index (χ0) is 16.4. The van der Waals surface area contributed by atoms with Gasteiger partial charge in [0, 0.05) is 0 Å². The summed E-state index contributed by atoms with van der Waals surface area (Å²) < 4.78 is 4.54. The molecule has 2 rings (SSSR count). The summed E-state index contributed by atoms with van der Waals surface area (Å²) in [7, 11) is 1.19. The minimum absolute atomic E-state index is 0.0776. The van der Waals surface area contributed by atoms with Gasteiger partial charge in [0.2, 0.25) is 0 Å². The Morgan fingerprint density at radius 3 is 2.73 bits per heavy atom. The maximum atomic E-state index is 12.3. The number of imide groups is 1. The first-order valence-electron chi connectivity index (χ1n) is 6.18. The molecule has 0 bridgehead atoms. The molecule has 0 aliphatic carbocycles. The van der Waals surface area contributed by atoms with Crippen molar-refractivity contribution < 1.29 is 24.2 Å². The molecule has 0 radical (unpaired) electrons. The van der Waals surface area contributed by atoms with Crippen LogP contribution in [0.2, 0.25) is 5.02 Å². The van der Waals surface area contributed by atoms with E-state index < -0.39 is 23.2 Å². The Morgan fingerprint density at radius 2 is 2.14 bits per heavy atom. The van der Waals surface area contributed by atoms with E-state index in [1.165, 1.54) is 32.2 Å². The second-order valence-corrected chi connectivity index (χ2v) is 5.86. The number of amides is 2. The van der Waals surface area contributed by atoms with Gasteiger partial charge in [0.25, 0.3) is 11.1 Å². The Kier molecular flexibility index (Phi) is 4.77. The highest BCUT2D eigenvalue weighted by atomic mass is 35.5. The van der Waals surface area contributed by atoms with Crippen LogP contribution in [0.1, 0.15) is 12.5 Å². The van der Waals surface area contributed by atoms with Gasteiger partial charge in [-0.15, -0.1) is 0 Å². The molecular formula is C14H12ClNO5S. The van der Waals surface area contributed by atoms with Crippen LogP contribution in [0.3, 0.4) is 0 Å². The van der Waals surface area contributed by atoms with Gasteiger partial charge in [0.1, 0.15) is 11.8 Å². The van der Waals surface area contributed by atoms with Gasteiger partial charge in [-0.25, -0.2) is 4.79 Å². The fourth-order valence-electron chi connectivity index (χ4n) is 1.85. The van der Waals surface area contributed by atoms with Gasteiger partial charge in [-0.1, -0.05) is 17.7 Å². The van der Waals surface area contributed by atoms with Crippen LogP contribution in [0.4, 0.5) is 4.79 Å². The molecule has 1 N–H and O–H groups in total. The average molecular weight is 342 g/mol. The highest BCUT2D eigenvalue weighted by molar-refractivity contribution is 8.18. The molecule has 1 aliphatic heterocycles. The maximum absolute atomic E-state index is 12.3. The summed E-state index contributed by atoms with van der Waals surface area (Å²) >= 11 is 6.52. The molecule has 0 saturated carbocycles. The number of carbonyl (C=O) groups excluding carboxylic acids is 3. The van der Waals surface area contributed by atoms with Crippen molar-refractivity contribution in [2.75, 3.05) is 7.11 Å². The predicted molar refractivity (Wildman–Crippen MR) is 82.4 cm³/mol. The molecule has 0 unspecified atom stereocenters. The van der Waals surface area contributed by atoms with Crippen molar-refractivity contribution in [2.45, 2.75) is 13.0 Å². The summed E-state index contributed by atoms with van der Waals surface area (Å²) in [6, 6.07) is 3.41. The fraction of sp³-hybridized carbons (Fsp3) is 0.214. The van der Waals surface area contributed by atoms with Crippen molar-refractivity contribution in [3.8, 4) is 5.75 Å². The van der Waals surface area contributed by atoms with E-state index in [2.05, 4.69) is 4.74 Å². The Hall–Kier alpha value is -1.99. The first kappa shape index (κ1) is 16.4. The first-order valence-corrected chi connectivity index (χ1v) is 7.38. The zero-order valence-corrected chi connectivity index (χ0v) is 13.3. The molecule has 1 saturated heterocycles. The third-order valence-electron chi connectivity index (χ3n) is 3.02. The van der Waals surface area contributed by atoms with Crippen molar-refractivity contribution in [2.24, 2.45) is 0 Å². The quantitative estimate of drug-likeness (QED) is 0.672. The molecular weight excluding hydrogens is 330 g/mol. The fourth-order valence-corrected chi connectivity index (χ4v) is 2.95. The van der Waals surface area contributed by atoms with Crippen LogP contribution in [0.15, 0.2) is 23.1 Å². The highest BCUT2D eigenvalue weighted by Crippen LogP contribution is 2.34. The van der Waals surface area contributed by atoms with Crippen molar-refractivity contribution in [1.82, 2.24) is 4.90 Å². The number of halogens is 1. The van der Waals surface area contributed by atoms with E-state index in [-0.39, 0.29) is 15.7 Å². The molecule has 1 heterocycles. The Morgan fingerprint density at radius 1 is 1.45 bits per heavy atom. The normalized spacial score (nSPS) is 18.0. The lowest BCUT2D eigenvalue weighted by Gasteiger charge is -2.18. The predicted octanol–water partition coefficient (Wildman–Crippen LogP) is 2.64. The Bertz CT molecular complexity index is 688. The topological polar surface area (TPSA) is 83.9 Å². The molecule has 1 atom stereocenters. The number of phenols is 1. The number of benzene rings is 1. The summed E-state index contributed by atoms with van der Waals surface area (Å²) in [4.78, 5) is 36.7. The molecule has 1 aromatic carbocycles. The number of nitrogens with zero attached hydrogens (tertiary/aromatic N) is 1. The largest absolute Gasteiger partial charge is 0.506 e. The van der Waals surface area contributed by atoms with Crippen molar-refractivity contribution >= 4 is 46.6 Å². The lowest BCUT2D eigenvalue weighted by atomic mass is 10.2. The van der Waals surface area contributed by atoms with Crippen LogP contribution in [-0.2, 0) is 14.3 Å².